The molecule has 0 atom stereocenters. The first-order valence-corrected chi connectivity index (χ1v) is 9.04. The smallest absolute Gasteiger partial charge is 0.251 e. The quantitative estimate of drug-likeness (QED) is 0.547. The summed E-state index contributed by atoms with van der Waals surface area (Å²) in [6.07, 6.45) is 1.70. The normalized spacial score (nSPS) is 14.7. The Labute approximate surface area is 160 Å². The average molecular weight is 381 g/mol. The van der Waals surface area contributed by atoms with Gasteiger partial charge in [0, 0.05) is 38.3 Å². The van der Waals surface area contributed by atoms with Crippen LogP contribution in [-0.2, 0) is 4.74 Å². The van der Waals surface area contributed by atoms with E-state index in [1.54, 1.807) is 39.5 Å². The van der Waals surface area contributed by atoms with Gasteiger partial charge in [-0.2, -0.15) is 0 Å². The maximum atomic E-state index is 12.5. The Morgan fingerprint density at radius 2 is 1.88 bits per heavy atom. The van der Waals surface area contributed by atoms with Gasteiger partial charge in [0.1, 0.15) is 0 Å². The molecule has 1 aromatic rings. The van der Waals surface area contributed by atoms with Crippen LogP contribution in [0.25, 0.3) is 0 Å². The van der Waals surface area contributed by atoms with Crippen LogP contribution in [0.15, 0.2) is 18.2 Å². The standard InChI is InChI=1S/C18H27N3O4S/c1-23-11-8-19-18(26)21-9-6-14(7-10-21)20-17(22)13-4-5-15(24-2)16(12-13)25-3/h4-5,12,14H,6-11H2,1-3H3,(H,19,26)(H,20,22). The lowest BCUT2D eigenvalue weighted by Crippen LogP contribution is -2.49. The Bertz CT molecular complexity index is 618. The van der Waals surface area contributed by atoms with Crippen molar-refractivity contribution in [3.63, 3.8) is 0 Å². The lowest BCUT2D eigenvalue weighted by atomic mass is 10.0. The van der Waals surface area contributed by atoms with Crippen LogP contribution in [0, 0.1) is 0 Å². The number of hydrogen-bond acceptors (Lipinski definition) is 5. The van der Waals surface area contributed by atoms with Crippen LogP contribution in [0.5, 0.6) is 11.5 Å². The molecular formula is C18H27N3O4S. The maximum absolute atomic E-state index is 12.5. The number of piperidine rings is 1. The molecule has 144 valence electrons. The van der Waals surface area contributed by atoms with E-state index in [0.29, 0.717) is 30.2 Å². The number of hydrogen-bond donors (Lipinski definition) is 2. The minimum Gasteiger partial charge on any atom is -0.493 e. The van der Waals surface area contributed by atoms with Crippen LogP contribution in [-0.4, -0.2) is 69.5 Å². The minimum atomic E-state index is -0.106. The maximum Gasteiger partial charge on any atom is 0.251 e. The molecule has 7 nitrogen and oxygen atoms in total. The van der Waals surface area contributed by atoms with Crippen molar-refractivity contribution in [3.8, 4) is 11.5 Å². The van der Waals surface area contributed by atoms with Gasteiger partial charge in [-0.3, -0.25) is 4.79 Å². The lowest BCUT2D eigenvalue weighted by molar-refractivity contribution is 0.0922. The lowest BCUT2D eigenvalue weighted by Gasteiger charge is -2.34. The van der Waals surface area contributed by atoms with Crippen molar-refractivity contribution in [2.75, 3.05) is 47.6 Å². The van der Waals surface area contributed by atoms with Gasteiger partial charge >= 0.3 is 0 Å². The molecule has 1 saturated heterocycles. The van der Waals surface area contributed by atoms with Crippen LogP contribution >= 0.6 is 12.2 Å². The zero-order valence-corrected chi connectivity index (χ0v) is 16.4. The molecule has 2 rings (SSSR count). The van der Waals surface area contributed by atoms with Gasteiger partial charge in [0.15, 0.2) is 16.6 Å². The van der Waals surface area contributed by atoms with Gasteiger partial charge in [0.05, 0.1) is 20.8 Å². The van der Waals surface area contributed by atoms with Crippen LogP contribution in [0.2, 0.25) is 0 Å². The Morgan fingerprint density at radius 1 is 1.19 bits per heavy atom. The second-order valence-electron chi connectivity index (χ2n) is 6.03. The molecular weight excluding hydrogens is 354 g/mol. The zero-order chi connectivity index (χ0) is 18.9. The molecule has 1 aliphatic rings. The summed E-state index contributed by atoms with van der Waals surface area (Å²) < 4.78 is 15.5. The third-order valence-corrected chi connectivity index (χ3v) is 4.75. The van der Waals surface area contributed by atoms with E-state index < -0.39 is 0 Å². The monoisotopic (exact) mass is 381 g/mol. The Hall–Kier alpha value is -2.06. The van der Waals surface area contributed by atoms with Gasteiger partial charge in [-0.25, -0.2) is 0 Å². The van der Waals surface area contributed by atoms with Crippen LogP contribution in [0.3, 0.4) is 0 Å². The minimum absolute atomic E-state index is 0.106. The van der Waals surface area contributed by atoms with E-state index >= 15 is 0 Å². The first-order chi connectivity index (χ1) is 12.6. The predicted octanol–water partition coefficient (Wildman–Crippen LogP) is 1.42. The van der Waals surface area contributed by atoms with E-state index in [9.17, 15) is 4.79 Å². The van der Waals surface area contributed by atoms with Gasteiger partial charge < -0.3 is 29.7 Å². The molecule has 1 heterocycles. The summed E-state index contributed by atoms with van der Waals surface area (Å²) in [6, 6.07) is 5.30. The Morgan fingerprint density at radius 3 is 2.50 bits per heavy atom. The molecule has 1 fully saturated rings. The van der Waals surface area contributed by atoms with Crippen LogP contribution in [0.1, 0.15) is 23.2 Å². The summed E-state index contributed by atoms with van der Waals surface area (Å²) in [6.45, 7) is 2.95. The summed E-state index contributed by atoms with van der Waals surface area (Å²) >= 11 is 5.39. The van der Waals surface area contributed by atoms with Crippen molar-refractivity contribution in [2.45, 2.75) is 18.9 Å². The fourth-order valence-corrected chi connectivity index (χ4v) is 3.13. The highest BCUT2D eigenvalue weighted by Gasteiger charge is 2.23. The number of rotatable bonds is 7. The summed E-state index contributed by atoms with van der Waals surface area (Å²) in [4.78, 5) is 14.6. The molecule has 0 bridgehead atoms. The highest BCUT2D eigenvalue weighted by Crippen LogP contribution is 2.27. The fraction of sp³-hybridized carbons (Fsp3) is 0.556. The fourth-order valence-electron chi connectivity index (χ4n) is 2.84. The zero-order valence-electron chi connectivity index (χ0n) is 15.5. The van der Waals surface area contributed by atoms with E-state index in [1.165, 1.54) is 0 Å². The molecule has 1 amide bonds. The number of carbonyl (C=O) groups excluding carboxylic acids is 1. The molecule has 0 spiro atoms. The molecule has 0 aliphatic carbocycles. The third-order valence-electron chi connectivity index (χ3n) is 4.35. The van der Waals surface area contributed by atoms with Gasteiger partial charge in [-0.1, -0.05) is 0 Å². The second-order valence-corrected chi connectivity index (χ2v) is 6.42. The van der Waals surface area contributed by atoms with Crippen molar-refractivity contribution in [2.24, 2.45) is 0 Å². The Balaban J connectivity index is 1.83. The largest absolute Gasteiger partial charge is 0.493 e. The summed E-state index contributed by atoms with van der Waals surface area (Å²) in [5.41, 5.74) is 0.557. The molecule has 8 heteroatoms. The number of thiocarbonyl (C=S) groups is 1. The first kappa shape index (κ1) is 20.3. The van der Waals surface area contributed by atoms with Crippen molar-refractivity contribution < 1.29 is 19.0 Å². The van der Waals surface area contributed by atoms with E-state index in [4.69, 9.17) is 26.4 Å². The number of nitrogens with one attached hydrogen (secondary N) is 2. The second kappa shape index (κ2) is 10.2. The number of likely N-dealkylation sites (tertiary alicyclic amines) is 1. The first-order valence-electron chi connectivity index (χ1n) is 8.63. The van der Waals surface area contributed by atoms with Gasteiger partial charge in [0.2, 0.25) is 0 Å². The SMILES string of the molecule is COCCNC(=S)N1CCC(NC(=O)c2ccc(OC)c(OC)c2)CC1. The molecule has 0 radical (unpaired) electrons. The number of nitrogens with zero attached hydrogens (tertiary/aromatic N) is 1. The molecule has 1 aliphatic heterocycles. The molecule has 0 unspecified atom stereocenters. The van der Waals surface area contributed by atoms with Crippen molar-refractivity contribution in [1.82, 2.24) is 15.5 Å². The van der Waals surface area contributed by atoms with E-state index in [2.05, 4.69) is 15.5 Å². The topological polar surface area (TPSA) is 72.1 Å². The van der Waals surface area contributed by atoms with Crippen molar-refractivity contribution in [1.29, 1.82) is 0 Å². The number of ether oxygens (including phenoxy) is 3. The highest BCUT2D eigenvalue weighted by molar-refractivity contribution is 7.80. The van der Waals surface area contributed by atoms with Crippen LogP contribution in [0.4, 0.5) is 0 Å². The number of benzene rings is 1. The highest BCUT2D eigenvalue weighted by atomic mass is 32.1. The molecule has 26 heavy (non-hydrogen) atoms. The van der Waals surface area contributed by atoms with E-state index in [1.807, 2.05) is 0 Å². The van der Waals surface area contributed by atoms with Crippen LogP contribution < -0.4 is 20.1 Å². The summed E-state index contributed by atoms with van der Waals surface area (Å²) in [5, 5.41) is 7.01. The molecule has 0 aromatic heterocycles. The summed E-state index contributed by atoms with van der Waals surface area (Å²) in [5.74, 6) is 1.04. The van der Waals surface area contributed by atoms with Crippen molar-refractivity contribution >= 4 is 23.2 Å². The van der Waals surface area contributed by atoms with Gasteiger partial charge in [-0.05, 0) is 43.3 Å². The van der Waals surface area contributed by atoms with E-state index in [-0.39, 0.29) is 11.9 Å². The molecule has 1 aromatic carbocycles. The number of carbonyl (C=O) groups is 1. The third kappa shape index (κ3) is 5.47. The van der Waals surface area contributed by atoms with Gasteiger partial charge in [0.25, 0.3) is 5.91 Å². The number of methoxy groups -OCH3 is 3. The average Bonchev–Trinajstić information content (AvgIpc) is 2.68. The molecule has 0 saturated carbocycles. The van der Waals surface area contributed by atoms with E-state index in [0.717, 1.165) is 31.0 Å². The Kier molecular flexibility index (Phi) is 7.93. The molecule has 2 N–H and O–H groups in total. The van der Waals surface area contributed by atoms with Gasteiger partial charge in [-0.15, -0.1) is 0 Å². The van der Waals surface area contributed by atoms with Crippen molar-refractivity contribution in [3.05, 3.63) is 23.8 Å². The summed E-state index contributed by atoms with van der Waals surface area (Å²) in [7, 11) is 4.79. The predicted molar refractivity (Wildman–Crippen MR) is 104 cm³/mol. The number of amides is 1.